The minimum Gasteiger partial charge on any atom is -0.505 e. The second kappa shape index (κ2) is 10.3. The van der Waals surface area contributed by atoms with E-state index in [0.29, 0.717) is 24.2 Å². The molecule has 5 nitrogen and oxygen atoms in total. The van der Waals surface area contributed by atoms with Crippen LogP contribution in [0.3, 0.4) is 0 Å². The molecule has 36 heavy (non-hydrogen) atoms. The zero-order valence-corrected chi connectivity index (χ0v) is 20.5. The van der Waals surface area contributed by atoms with Gasteiger partial charge >= 0.3 is 0 Å². The highest BCUT2D eigenvalue weighted by Gasteiger charge is 2.47. The van der Waals surface area contributed by atoms with E-state index < -0.39 is 26.7 Å². The molecule has 0 aliphatic carbocycles. The van der Waals surface area contributed by atoms with Gasteiger partial charge in [0, 0.05) is 0 Å². The maximum absolute atomic E-state index is 13.9. The molecule has 3 aromatic carbocycles. The van der Waals surface area contributed by atoms with E-state index in [0.717, 1.165) is 22.3 Å². The smallest absolute Gasteiger partial charge is 0.165 e. The molecule has 7 heteroatoms. The number of fused-ring (bicyclic) bond motifs is 1. The minimum absolute atomic E-state index is 0.00609. The van der Waals surface area contributed by atoms with Gasteiger partial charge in [0.15, 0.2) is 21.4 Å². The van der Waals surface area contributed by atoms with Gasteiger partial charge in [0.2, 0.25) is 0 Å². The van der Waals surface area contributed by atoms with E-state index in [4.69, 9.17) is 9.47 Å². The fourth-order valence-electron chi connectivity index (χ4n) is 4.87. The van der Waals surface area contributed by atoms with Crippen molar-refractivity contribution in [2.75, 3.05) is 19.0 Å². The summed E-state index contributed by atoms with van der Waals surface area (Å²) in [5.41, 5.74) is 4.19. The third-order valence-corrected chi connectivity index (χ3v) is 8.66. The van der Waals surface area contributed by atoms with Crippen LogP contribution < -0.4 is 4.74 Å². The van der Waals surface area contributed by atoms with Crippen LogP contribution in [0.15, 0.2) is 90.0 Å². The molecule has 3 aromatic rings. The van der Waals surface area contributed by atoms with E-state index in [-0.39, 0.29) is 25.1 Å². The van der Waals surface area contributed by atoms with Crippen LogP contribution in [0.1, 0.15) is 24.0 Å². The highest BCUT2D eigenvalue weighted by molar-refractivity contribution is 7.92. The Morgan fingerprint density at radius 1 is 1.06 bits per heavy atom. The van der Waals surface area contributed by atoms with E-state index in [1.54, 1.807) is 6.07 Å². The maximum atomic E-state index is 13.9. The van der Waals surface area contributed by atoms with Crippen molar-refractivity contribution in [2.45, 2.75) is 24.2 Å². The molecule has 2 aliphatic rings. The molecule has 0 aromatic heterocycles. The van der Waals surface area contributed by atoms with Gasteiger partial charge in [-0.1, -0.05) is 60.7 Å². The molecule has 2 aliphatic heterocycles. The van der Waals surface area contributed by atoms with Crippen molar-refractivity contribution in [3.05, 3.63) is 107 Å². The summed E-state index contributed by atoms with van der Waals surface area (Å²) in [5, 5.41) is 8.92. The number of hydrogen-bond acceptors (Lipinski definition) is 5. The third kappa shape index (κ3) is 5.22. The number of phenolic OH excluding ortho intramolecular Hbond substituents is 1. The largest absolute Gasteiger partial charge is 0.505 e. The molecular weight excluding hydrogens is 479 g/mol. The lowest BCUT2D eigenvalue weighted by atomic mass is 9.93. The van der Waals surface area contributed by atoms with Crippen molar-refractivity contribution in [2.24, 2.45) is 0 Å². The second-order valence-corrected chi connectivity index (χ2v) is 11.2. The quantitative estimate of drug-likeness (QED) is 0.326. The van der Waals surface area contributed by atoms with Gasteiger partial charge in [-0.3, -0.25) is 0 Å². The topological polar surface area (TPSA) is 72.8 Å². The SMILES string of the molecule is O=S1(=O)CC(COc2ccccc2)=C2[C@@H](CC/C(=C/c3ccc(O)c(F)c3)c3ccccc3)OC[C@@H]21. The van der Waals surface area contributed by atoms with Gasteiger partial charge in [0.25, 0.3) is 0 Å². The Morgan fingerprint density at radius 3 is 2.50 bits per heavy atom. The van der Waals surface area contributed by atoms with E-state index in [9.17, 15) is 17.9 Å². The van der Waals surface area contributed by atoms with Gasteiger partial charge in [-0.15, -0.1) is 0 Å². The Hall–Kier alpha value is -3.42. The van der Waals surface area contributed by atoms with Crippen molar-refractivity contribution in [3.63, 3.8) is 0 Å². The Balaban J connectivity index is 1.39. The van der Waals surface area contributed by atoms with Crippen molar-refractivity contribution < 1.29 is 27.4 Å². The summed E-state index contributed by atoms with van der Waals surface area (Å²) in [7, 11) is -3.32. The number of rotatable bonds is 8. The molecule has 0 spiro atoms. The number of hydrogen-bond donors (Lipinski definition) is 1. The standard InChI is InChI=1S/C29H27FO5S/c30-25-16-20(11-13-26(25)31)15-22(21-7-3-1-4-8-21)12-14-27-29-23(17-34-24-9-5-2-6-10-24)19-36(32,33)28(29)18-35-27/h1-11,13,15-16,27-28,31H,12,14,17-19H2/b22-15-/t27-,28+/m1/s1. The number of ether oxygens (including phenoxy) is 2. The minimum atomic E-state index is -3.32. The van der Waals surface area contributed by atoms with Gasteiger partial charge in [-0.25, -0.2) is 12.8 Å². The molecule has 1 saturated heterocycles. The van der Waals surface area contributed by atoms with Crippen LogP contribution in [0.2, 0.25) is 0 Å². The fraction of sp³-hybridized carbons (Fsp3) is 0.241. The lowest BCUT2D eigenvalue weighted by molar-refractivity contribution is 0.118. The summed E-state index contributed by atoms with van der Waals surface area (Å²) in [6, 6.07) is 23.4. The number of sulfone groups is 1. The van der Waals surface area contributed by atoms with Crippen LogP contribution in [0.25, 0.3) is 11.6 Å². The van der Waals surface area contributed by atoms with Crippen LogP contribution in [0.4, 0.5) is 4.39 Å². The van der Waals surface area contributed by atoms with Crippen molar-refractivity contribution in [1.82, 2.24) is 0 Å². The molecule has 2 heterocycles. The monoisotopic (exact) mass is 506 g/mol. The van der Waals surface area contributed by atoms with E-state index >= 15 is 0 Å². The lowest BCUT2D eigenvalue weighted by Crippen LogP contribution is -2.19. The van der Waals surface area contributed by atoms with Gasteiger partial charge in [-0.2, -0.15) is 0 Å². The van der Waals surface area contributed by atoms with Crippen LogP contribution in [0, 0.1) is 5.82 Å². The van der Waals surface area contributed by atoms with Gasteiger partial charge in [0.05, 0.1) is 18.5 Å². The van der Waals surface area contributed by atoms with E-state index in [1.807, 2.05) is 66.7 Å². The number of halogens is 1. The van der Waals surface area contributed by atoms with Gasteiger partial charge in [-0.05, 0) is 65.0 Å². The van der Waals surface area contributed by atoms with Crippen molar-refractivity contribution in [3.8, 4) is 11.5 Å². The van der Waals surface area contributed by atoms with E-state index in [2.05, 4.69) is 0 Å². The predicted octanol–water partition coefficient (Wildman–Crippen LogP) is 5.42. The molecule has 0 unspecified atom stereocenters. The lowest BCUT2D eigenvalue weighted by Gasteiger charge is -2.16. The second-order valence-electron chi connectivity index (χ2n) is 9.06. The number of phenols is 1. The van der Waals surface area contributed by atoms with Crippen LogP contribution >= 0.6 is 0 Å². The van der Waals surface area contributed by atoms with Crippen molar-refractivity contribution in [1.29, 1.82) is 0 Å². The highest BCUT2D eigenvalue weighted by atomic mass is 32.2. The fourth-order valence-corrected chi connectivity index (χ4v) is 6.80. The average molecular weight is 507 g/mol. The molecule has 0 amide bonds. The first-order chi connectivity index (χ1) is 17.4. The molecule has 1 N–H and O–H groups in total. The first kappa shape index (κ1) is 24.3. The Bertz CT molecular complexity index is 1400. The molecule has 5 rings (SSSR count). The summed E-state index contributed by atoms with van der Waals surface area (Å²) in [6.07, 6.45) is 2.74. The average Bonchev–Trinajstić information content (AvgIpc) is 3.43. The van der Waals surface area contributed by atoms with E-state index in [1.165, 1.54) is 12.1 Å². The molecule has 0 saturated carbocycles. The van der Waals surface area contributed by atoms with Crippen LogP contribution in [0.5, 0.6) is 11.5 Å². The summed E-state index contributed by atoms with van der Waals surface area (Å²) in [5.74, 6) is -0.383. The first-order valence-electron chi connectivity index (χ1n) is 11.9. The number of para-hydroxylation sites is 1. The number of allylic oxidation sites excluding steroid dienone is 1. The van der Waals surface area contributed by atoms with Crippen LogP contribution in [-0.4, -0.2) is 43.8 Å². The molecule has 1 fully saturated rings. The Morgan fingerprint density at radius 2 is 1.78 bits per heavy atom. The maximum Gasteiger partial charge on any atom is 0.165 e. The van der Waals surface area contributed by atoms with Crippen molar-refractivity contribution >= 4 is 21.5 Å². The third-order valence-electron chi connectivity index (χ3n) is 6.65. The molecule has 2 atom stereocenters. The molecular formula is C29H27FO5S. The zero-order chi connectivity index (χ0) is 25.1. The molecule has 186 valence electrons. The molecule has 0 bridgehead atoms. The summed E-state index contributed by atoms with van der Waals surface area (Å²) in [4.78, 5) is 0. The summed E-state index contributed by atoms with van der Waals surface area (Å²) in [6.45, 7) is 0.369. The summed E-state index contributed by atoms with van der Waals surface area (Å²) >= 11 is 0. The Labute approximate surface area is 210 Å². The summed E-state index contributed by atoms with van der Waals surface area (Å²) < 4.78 is 51.5. The number of benzene rings is 3. The molecule has 0 radical (unpaired) electrons. The number of aromatic hydroxyl groups is 1. The van der Waals surface area contributed by atoms with Gasteiger partial charge < -0.3 is 14.6 Å². The Kier molecular flexibility index (Phi) is 6.94. The zero-order valence-electron chi connectivity index (χ0n) is 19.6. The predicted molar refractivity (Wildman–Crippen MR) is 138 cm³/mol. The normalized spacial score (nSPS) is 21.0. The van der Waals surface area contributed by atoms with Gasteiger partial charge in [0.1, 0.15) is 17.6 Å². The highest BCUT2D eigenvalue weighted by Crippen LogP contribution is 2.39. The first-order valence-corrected chi connectivity index (χ1v) is 13.6. The van der Waals surface area contributed by atoms with Crippen LogP contribution in [-0.2, 0) is 14.6 Å².